The number of halogens is 1. The number of amides is 1. The summed E-state index contributed by atoms with van der Waals surface area (Å²) in [4.78, 5) is 25.1. The molecule has 1 N–H and O–H groups in total. The first kappa shape index (κ1) is 15.0. The lowest BCUT2D eigenvalue weighted by Gasteiger charge is -2.42. The van der Waals surface area contributed by atoms with Gasteiger partial charge in [-0.05, 0) is 25.5 Å². The maximum atomic E-state index is 12.1. The second-order valence-corrected chi connectivity index (χ2v) is 5.79. The number of nitrogens with zero attached hydrogens (tertiary/aromatic N) is 1. The minimum atomic E-state index is -1.07. The van der Waals surface area contributed by atoms with Crippen molar-refractivity contribution in [2.24, 2.45) is 0 Å². The van der Waals surface area contributed by atoms with Crippen LogP contribution < -0.4 is 0 Å². The monoisotopic (exact) mass is 341 g/mol. The largest absolute Gasteiger partial charge is 0.479 e. The molecule has 0 aromatic heterocycles. The third kappa shape index (κ3) is 2.71. The Balaban J connectivity index is 2.52. The van der Waals surface area contributed by atoms with Gasteiger partial charge in [0.25, 0.3) is 0 Å². The fourth-order valence-corrected chi connectivity index (χ4v) is 2.99. The van der Waals surface area contributed by atoms with Crippen molar-refractivity contribution in [3.8, 4) is 0 Å². The molecule has 108 valence electrons. The minimum Gasteiger partial charge on any atom is -0.479 e. The van der Waals surface area contributed by atoms with Gasteiger partial charge < -0.3 is 14.7 Å². The zero-order valence-corrected chi connectivity index (χ0v) is 12.8. The van der Waals surface area contributed by atoms with Crippen molar-refractivity contribution in [1.29, 1.82) is 0 Å². The van der Waals surface area contributed by atoms with Gasteiger partial charge in [0.1, 0.15) is 6.61 Å². The molecule has 2 rings (SSSR count). The van der Waals surface area contributed by atoms with Crippen LogP contribution in [-0.2, 0) is 14.3 Å². The first-order chi connectivity index (χ1) is 9.43. The molecule has 6 heteroatoms. The van der Waals surface area contributed by atoms with Crippen molar-refractivity contribution < 1.29 is 19.4 Å². The van der Waals surface area contributed by atoms with Crippen LogP contribution >= 0.6 is 15.9 Å². The van der Waals surface area contributed by atoms with Gasteiger partial charge >= 0.3 is 5.97 Å². The van der Waals surface area contributed by atoms with Gasteiger partial charge in [0, 0.05) is 10.5 Å². The number of carboxylic acid groups (broad SMARTS) is 1. The molecule has 2 unspecified atom stereocenters. The highest BCUT2D eigenvalue weighted by Crippen LogP contribution is 2.35. The fraction of sp³-hybridized carbons (Fsp3) is 0.429. The first-order valence-electron chi connectivity index (χ1n) is 6.33. The number of ether oxygens (including phenoxy) is 1. The van der Waals surface area contributed by atoms with Gasteiger partial charge in [-0.3, -0.25) is 4.79 Å². The Bertz CT molecular complexity index is 532. The predicted octanol–water partition coefficient (Wildman–Crippen LogP) is 2.21. The zero-order valence-electron chi connectivity index (χ0n) is 11.2. The Labute approximate surface area is 125 Å². The molecule has 1 aromatic rings. The number of hydrogen-bond donors (Lipinski definition) is 1. The topological polar surface area (TPSA) is 66.8 Å². The number of rotatable bonds is 3. The molecule has 1 amide bonds. The fourth-order valence-electron chi connectivity index (χ4n) is 2.47. The van der Waals surface area contributed by atoms with Gasteiger partial charge in [-0.15, -0.1) is 0 Å². The van der Waals surface area contributed by atoms with E-state index in [4.69, 9.17) is 4.74 Å². The highest BCUT2D eigenvalue weighted by Gasteiger charge is 2.43. The molecule has 1 heterocycles. The predicted molar refractivity (Wildman–Crippen MR) is 76.2 cm³/mol. The van der Waals surface area contributed by atoms with E-state index in [0.717, 1.165) is 10.0 Å². The summed E-state index contributed by atoms with van der Waals surface area (Å²) in [5.74, 6) is -1.26. The molecule has 1 aliphatic rings. The molecule has 5 nitrogen and oxygen atoms in total. The van der Waals surface area contributed by atoms with Crippen molar-refractivity contribution in [2.75, 3.05) is 6.61 Å². The van der Waals surface area contributed by atoms with Crippen LogP contribution in [0.3, 0.4) is 0 Å². The quantitative estimate of drug-likeness (QED) is 0.915. The number of aliphatic carboxylic acids is 1. The average molecular weight is 342 g/mol. The smallest absolute Gasteiger partial charge is 0.335 e. The first-order valence-corrected chi connectivity index (χ1v) is 7.12. The van der Waals surface area contributed by atoms with E-state index in [2.05, 4.69) is 15.9 Å². The Kier molecular flexibility index (Phi) is 4.45. The molecular formula is C14H16BrNO4. The van der Waals surface area contributed by atoms with Crippen molar-refractivity contribution in [2.45, 2.75) is 32.0 Å². The summed E-state index contributed by atoms with van der Waals surface area (Å²) >= 11 is 3.42. The van der Waals surface area contributed by atoms with Crippen LogP contribution in [0.1, 0.15) is 25.5 Å². The molecule has 0 radical (unpaired) electrons. The van der Waals surface area contributed by atoms with Crippen LogP contribution in [0.15, 0.2) is 28.7 Å². The lowest BCUT2D eigenvalue weighted by atomic mass is 9.96. The lowest BCUT2D eigenvalue weighted by molar-refractivity contribution is -0.175. The zero-order chi connectivity index (χ0) is 14.9. The molecule has 2 atom stereocenters. The molecule has 1 aromatic carbocycles. The van der Waals surface area contributed by atoms with Gasteiger partial charge in [-0.25, -0.2) is 4.79 Å². The second kappa shape index (κ2) is 5.93. The molecular weight excluding hydrogens is 326 g/mol. The molecule has 0 saturated carbocycles. The molecule has 1 aliphatic heterocycles. The van der Waals surface area contributed by atoms with Crippen molar-refractivity contribution in [3.63, 3.8) is 0 Å². The van der Waals surface area contributed by atoms with E-state index in [0.29, 0.717) is 0 Å². The molecule has 0 bridgehead atoms. The van der Waals surface area contributed by atoms with Gasteiger partial charge in [-0.2, -0.15) is 0 Å². The van der Waals surface area contributed by atoms with E-state index >= 15 is 0 Å². The van der Waals surface area contributed by atoms with Gasteiger partial charge in [0.05, 0.1) is 6.04 Å². The van der Waals surface area contributed by atoms with E-state index in [-0.39, 0.29) is 18.6 Å². The maximum Gasteiger partial charge on any atom is 0.335 e. The van der Waals surface area contributed by atoms with Crippen LogP contribution in [0.2, 0.25) is 0 Å². The van der Waals surface area contributed by atoms with Gasteiger partial charge in [0.2, 0.25) is 5.91 Å². The maximum absolute atomic E-state index is 12.1. The summed E-state index contributed by atoms with van der Waals surface area (Å²) in [7, 11) is 0. The van der Waals surface area contributed by atoms with Crippen molar-refractivity contribution in [1.82, 2.24) is 4.90 Å². The Morgan fingerprint density at radius 1 is 1.45 bits per heavy atom. The van der Waals surface area contributed by atoms with Crippen LogP contribution in [0.4, 0.5) is 0 Å². The number of carbonyl (C=O) groups is 2. The van der Waals surface area contributed by atoms with E-state index in [9.17, 15) is 14.7 Å². The average Bonchev–Trinajstić information content (AvgIpc) is 2.38. The SMILES string of the molecule is CC(C)N1C(=O)COC(C(=O)O)C1c1ccccc1Br. The Morgan fingerprint density at radius 3 is 2.65 bits per heavy atom. The Morgan fingerprint density at radius 2 is 2.10 bits per heavy atom. The third-order valence-electron chi connectivity index (χ3n) is 3.28. The Hall–Kier alpha value is -1.40. The number of hydrogen-bond acceptors (Lipinski definition) is 3. The number of morpholine rings is 1. The van der Waals surface area contributed by atoms with Crippen LogP contribution in [-0.4, -0.2) is 40.6 Å². The number of carboxylic acids is 1. The second-order valence-electron chi connectivity index (χ2n) is 4.93. The highest BCUT2D eigenvalue weighted by molar-refractivity contribution is 9.10. The third-order valence-corrected chi connectivity index (χ3v) is 4.01. The van der Waals surface area contributed by atoms with E-state index in [1.165, 1.54) is 0 Å². The minimum absolute atomic E-state index is 0.106. The van der Waals surface area contributed by atoms with Crippen molar-refractivity contribution >= 4 is 27.8 Å². The normalized spacial score (nSPS) is 23.2. The van der Waals surface area contributed by atoms with E-state index in [1.807, 2.05) is 38.1 Å². The summed E-state index contributed by atoms with van der Waals surface area (Å²) in [5.41, 5.74) is 0.738. The molecule has 1 fully saturated rings. The molecule has 0 aliphatic carbocycles. The standard InChI is InChI=1S/C14H16BrNO4/c1-8(2)16-11(17)7-20-13(14(18)19)12(16)9-5-3-4-6-10(9)15/h3-6,8,12-13H,7H2,1-2H3,(H,18,19). The lowest BCUT2D eigenvalue weighted by Crippen LogP contribution is -2.54. The molecule has 1 saturated heterocycles. The summed E-state index contributed by atoms with van der Waals surface area (Å²) in [6.07, 6.45) is -1.06. The van der Waals surface area contributed by atoms with Gasteiger partial charge in [-0.1, -0.05) is 34.1 Å². The molecule has 20 heavy (non-hydrogen) atoms. The van der Waals surface area contributed by atoms with Crippen molar-refractivity contribution in [3.05, 3.63) is 34.3 Å². The highest BCUT2D eigenvalue weighted by atomic mass is 79.9. The van der Waals surface area contributed by atoms with E-state index in [1.54, 1.807) is 4.90 Å². The van der Waals surface area contributed by atoms with E-state index < -0.39 is 18.1 Å². The summed E-state index contributed by atoms with van der Waals surface area (Å²) < 4.78 is 6.01. The number of carbonyl (C=O) groups excluding carboxylic acids is 1. The van der Waals surface area contributed by atoms with Crippen LogP contribution in [0.25, 0.3) is 0 Å². The van der Waals surface area contributed by atoms with Gasteiger partial charge in [0.15, 0.2) is 6.10 Å². The number of benzene rings is 1. The van der Waals surface area contributed by atoms with Crippen LogP contribution in [0.5, 0.6) is 0 Å². The summed E-state index contributed by atoms with van der Waals surface area (Å²) in [6, 6.07) is 6.55. The van der Waals surface area contributed by atoms with Crippen LogP contribution in [0, 0.1) is 0 Å². The summed E-state index contributed by atoms with van der Waals surface area (Å²) in [5, 5.41) is 9.37. The molecule has 0 spiro atoms. The summed E-state index contributed by atoms with van der Waals surface area (Å²) in [6.45, 7) is 3.54.